The van der Waals surface area contributed by atoms with Crippen molar-refractivity contribution in [3.63, 3.8) is 0 Å². The number of benzene rings is 2. The zero-order valence-electron chi connectivity index (χ0n) is 14.9. The van der Waals surface area contributed by atoms with Crippen molar-refractivity contribution in [3.8, 4) is 5.75 Å². The first kappa shape index (κ1) is 20.2. The predicted molar refractivity (Wildman–Crippen MR) is 106 cm³/mol. The topological polar surface area (TPSA) is 64.1 Å². The Kier molecular flexibility index (Phi) is 6.94. The van der Waals surface area contributed by atoms with Gasteiger partial charge in [0.05, 0.1) is 0 Å². The Morgan fingerprint density at radius 2 is 1.75 bits per heavy atom. The number of thioether (sulfide) groups is 1. The molecule has 0 saturated carbocycles. The summed E-state index contributed by atoms with van der Waals surface area (Å²) in [6, 6.07) is 11.7. The fraction of sp³-hybridized carbons (Fsp3) is 0.211. The van der Waals surface area contributed by atoms with Gasteiger partial charge in [-0.3, -0.25) is 10.1 Å². The van der Waals surface area contributed by atoms with Crippen LogP contribution in [0.3, 0.4) is 0 Å². The second-order valence-corrected chi connectivity index (χ2v) is 7.95. The first-order valence-electron chi connectivity index (χ1n) is 8.47. The summed E-state index contributed by atoms with van der Waals surface area (Å²) < 4.78 is 32.2. The summed E-state index contributed by atoms with van der Waals surface area (Å²) in [5, 5.41) is 11.1. The average molecular weight is 421 g/mol. The summed E-state index contributed by atoms with van der Waals surface area (Å²) >= 11 is 2.70. The van der Waals surface area contributed by atoms with E-state index in [9.17, 15) is 13.6 Å². The number of hydrogen-bond acceptors (Lipinski definition) is 6. The highest BCUT2D eigenvalue weighted by Crippen LogP contribution is 2.28. The molecule has 0 aliphatic rings. The Hall–Kier alpha value is -2.52. The second kappa shape index (κ2) is 9.61. The Morgan fingerprint density at radius 1 is 1.11 bits per heavy atom. The highest BCUT2D eigenvalue weighted by molar-refractivity contribution is 8.00. The van der Waals surface area contributed by atoms with Crippen LogP contribution >= 0.6 is 23.1 Å². The molecule has 1 amide bonds. The molecule has 0 aliphatic heterocycles. The maximum atomic E-state index is 13.0. The van der Waals surface area contributed by atoms with Crippen LogP contribution in [0, 0.1) is 11.6 Å². The van der Waals surface area contributed by atoms with E-state index in [0.29, 0.717) is 27.4 Å². The van der Waals surface area contributed by atoms with E-state index in [1.54, 1.807) is 12.1 Å². The van der Waals surface area contributed by atoms with Gasteiger partial charge in [0.2, 0.25) is 5.13 Å². The molecule has 146 valence electrons. The van der Waals surface area contributed by atoms with E-state index in [1.165, 1.54) is 59.5 Å². The number of ether oxygens (including phenoxy) is 1. The third-order valence-electron chi connectivity index (χ3n) is 3.67. The third-order valence-corrected chi connectivity index (χ3v) is 5.71. The molecule has 1 atom stereocenters. The summed E-state index contributed by atoms with van der Waals surface area (Å²) in [6.07, 6.45) is -0.293. The van der Waals surface area contributed by atoms with Gasteiger partial charge in [0.25, 0.3) is 5.91 Å². The SMILES string of the molecule is CC[C@H](Oc1ccc(F)cc1)C(=O)Nc1nnc(SCc2ccc(F)cc2)s1. The number of carbonyl (C=O) groups excluding carboxylic acids is 1. The molecule has 28 heavy (non-hydrogen) atoms. The van der Waals surface area contributed by atoms with Crippen molar-refractivity contribution in [1.82, 2.24) is 10.2 Å². The van der Waals surface area contributed by atoms with Crippen LogP contribution in [0.4, 0.5) is 13.9 Å². The lowest BCUT2D eigenvalue weighted by molar-refractivity contribution is -0.122. The minimum absolute atomic E-state index is 0.275. The zero-order chi connectivity index (χ0) is 19.9. The molecule has 3 rings (SSSR count). The largest absolute Gasteiger partial charge is 0.481 e. The third kappa shape index (κ3) is 5.74. The van der Waals surface area contributed by atoms with Crippen molar-refractivity contribution < 1.29 is 18.3 Å². The maximum Gasteiger partial charge on any atom is 0.267 e. The number of amides is 1. The molecule has 0 aliphatic carbocycles. The van der Waals surface area contributed by atoms with Crippen molar-refractivity contribution in [2.75, 3.05) is 5.32 Å². The monoisotopic (exact) mass is 421 g/mol. The van der Waals surface area contributed by atoms with Gasteiger partial charge in [-0.25, -0.2) is 8.78 Å². The summed E-state index contributed by atoms with van der Waals surface area (Å²) in [5.41, 5.74) is 0.964. The molecule has 2 aromatic carbocycles. The zero-order valence-corrected chi connectivity index (χ0v) is 16.5. The molecule has 3 aromatic rings. The smallest absolute Gasteiger partial charge is 0.267 e. The lowest BCUT2D eigenvalue weighted by atomic mass is 10.2. The van der Waals surface area contributed by atoms with E-state index in [4.69, 9.17) is 4.74 Å². The molecule has 1 N–H and O–H groups in total. The first-order valence-corrected chi connectivity index (χ1v) is 10.3. The second-order valence-electron chi connectivity index (χ2n) is 5.75. The molecule has 0 radical (unpaired) electrons. The van der Waals surface area contributed by atoms with Crippen LogP contribution in [0.5, 0.6) is 5.75 Å². The summed E-state index contributed by atoms with van der Waals surface area (Å²) in [5.74, 6) is 0.0374. The van der Waals surface area contributed by atoms with Crippen molar-refractivity contribution in [3.05, 3.63) is 65.7 Å². The summed E-state index contributed by atoms with van der Waals surface area (Å²) in [7, 11) is 0. The van der Waals surface area contributed by atoms with E-state index < -0.39 is 6.10 Å². The van der Waals surface area contributed by atoms with Crippen LogP contribution in [-0.2, 0) is 10.5 Å². The van der Waals surface area contributed by atoms with E-state index >= 15 is 0 Å². The van der Waals surface area contributed by atoms with Gasteiger partial charge in [-0.15, -0.1) is 10.2 Å². The van der Waals surface area contributed by atoms with Crippen molar-refractivity contribution in [2.24, 2.45) is 0 Å². The molecule has 9 heteroatoms. The number of nitrogens with one attached hydrogen (secondary N) is 1. The van der Waals surface area contributed by atoms with Gasteiger partial charge in [0.15, 0.2) is 10.4 Å². The van der Waals surface area contributed by atoms with Crippen LogP contribution in [0.2, 0.25) is 0 Å². The highest BCUT2D eigenvalue weighted by Gasteiger charge is 2.20. The van der Waals surface area contributed by atoms with Crippen LogP contribution in [0.15, 0.2) is 52.9 Å². The van der Waals surface area contributed by atoms with Crippen LogP contribution < -0.4 is 10.1 Å². The molecule has 0 saturated heterocycles. The van der Waals surface area contributed by atoms with Crippen molar-refractivity contribution >= 4 is 34.1 Å². The van der Waals surface area contributed by atoms with Gasteiger partial charge in [-0.05, 0) is 48.4 Å². The van der Waals surface area contributed by atoms with Crippen LogP contribution in [0.25, 0.3) is 0 Å². The quantitative estimate of drug-likeness (QED) is 0.414. The Bertz CT molecular complexity index is 918. The normalized spacial score (nSPS) is 11.8. The number of anilines is 1. The Balaban J connectivity index is 1.54. The van der Waals surface area contributed by atoms with Gasteiger partial charge in [-0.2, -0.15) is 0 Å². The number of rotatable bonds is 8. The highest BCUT2D eigenvalue weighted by atomic mass is 32.2. The first-order chi connectivity index (χ1) is 13.5. The van der Waals surface area contributed by atoms with Gasteiger partial charge in [0.1, 0.15) is 17.4 Å². The lowest BCUT2D eigenvalue weighted by Gasteiger charge is -2.16. The number of aromatic nitrogens is 2. The minimum Gasteiger partial charge on any atom is -0.481 e. The van der Waals surface area contributed by atoms with Gasteiger partial charge in [0, 0.05) is 5.75 Å². The van der Waals surface area contributed by atoms with Crippen LogP contribution in [0.1, 0.15) is 18.9 Å². The van der Waals surface area contributed by atoms with Gasteiger partial charge >= 0.3 is 0 Å². The molecular formula is C19H17F2N3O2S2. The molecule has 1 aromatic heterocycles. The number of hydrogen-bond donors (Lipinski definition) is 1. The van der Waals surface area contributed by atoms with E-state index in [1.807, 2.05) is 6.92 Å². The predicted octanol–water partition coefficient (Wildman–Crippen LogP) is 4.90. The summed E-state index contributed by atoms with van der Waals surface area (Å²) in [6.45, 7) is 1.82. The fourth-order valence-corrected chi connectivity index (χ4v) is 3.94. The Labute approximate surface area is 169 Å². The fourth-order valence-electron chi connectivity index (χ4n) is 2.23. The summed E-state index contributed by atoms with van der Waals surface area (Å²) in [4.78, 5) is 12.4. The number of nitrogens with zero attached hydrogens (tertiary/aromatic N) is 2. The lowest BCUT2D eigenvalue weighted by Crippen LogP contribution is -2.32. The molecule has 0 spiro atoms. The van der Waals surface area contributed by atoms with Crippen molar-refractivity contribution in [2.45, 2.75) is 29.5 Å². The number of halogens is 2. The van der Waals surface area contributed by atoms with Crippen molar-refractivity contribution in [1.29, 1.82) is 0 Å². The molecule has 5 nitrogen and oxygen atoms in total. The van der Waals surface area contributed by atoms with Crippen LogP contribution in [-0.4, -0.2) is 22.2 Å². The molecule has 0 unspecified atom stereocenters. The molecule has 0 bridgehead atoms. The Morgan fingerprint density at radius 3 is 2.39 bits per heavy atom. The van der Waals surface area contributed by atoms with E-state index in [2.05, 4.69) is 15.5 Å². The van der Waals surface area contributed by atoms with Gasteiger partial charge < -0.3 is 4.74 Å². The van der Waals surface area contributed by atoms with Gasteiger partial charge in [-0.1, -0.05) is 42.2 Å². The maximum absolute atomic E-state index is 13.0. The van der Waals surface area contributed by atoms with E-state index in [-0.39, 0.29) is 17.5 Å². The van der Waals surface area contributed by atoms with E-state index in [0.717, 1.165) is 5.56 Å². The molecule has 1 heterocycles. The minimum atomic E-state index is -0.732. The number of carbonyl (C=O) groups is 1. The average Bonchev–Trinajstić information content (AvgIpc) is 3.14. The molecule has 0 fully saturated rings. The standard InChI is InChI=1S/C19H17F2N3O2S2/c1-2-16(26-15-9-7-14(21)8-10-15)17(25)22-18-23-24-19(28-18)27-11-12-3-5-13(20)6-4-12/h3-10,16H,2,11H2,1H3,(H,22,23,25)/t16-/m0/s1. The molecular weight excluding hydrogens is 404 g/mol.